The standard InChI is InChI=1S/C15H16O5/c1-2-4-12-10(7-8-16)11-5-3-6-13(15(11)20-12)19-9-14(17)18/h2-3,5-6,16H,1,4,7-9H2,(H,17,18)/p-1. The number of rotatable bonds is 7. The molecule has 1 aromatic heterocycles. The third-order valence-electron chi connectivity index (χ3n) is 2.90. The van der Waals surface area contributed by atoms with Crippen molar-refractivity contribution in [1.82, 2.24) is 0 Å². The Balaban J connectivity index is 2.48. The van der Waals surface area contributed by atoms with Crippen LogP contribution in [-0.4, -0.2) is 24.3 Å². The molecule has 0 aliphatic carbocycles. The number of carboxylic acid groups (broad SMARTS) is 1. The monoisotopic (exact) mass is 275 g/mol. The Morgan fingerprint density at radius 1 is 1.50 bits per heavy atom. The Labute approximate surface area is 116 Å². The van der Waals surface area contributed by atoms with Gasteiger partial charge in [-0.2, -0.15) is 0 Å². The maximum atomic E-state index is 10.5. The zero-order chi connectivity index (χ0) is 14.5. The van der Waals surface area contributed by atoms with Crippen LogP contribution >= 0.6 is 0 Å². The van der Waals surface area contributed by atoms with Gasteiger partial charge in [-0.1, -0.05) is 18.2 Å². The SMILES string of the molecule is C=CCc1oc2c(OCC(=O)[O-])cccc2c1CCO. The lowest BCUT2D eigenvalue weighted by Gasteiger charge is -2.06. The molecule has 0 spiro atoms. The van der Waals surface area contributed by atoms with E-state index in [0.717, 1.165) is 10.9 Å². The van der Waals surface area contributed by atoms with E-state index in [1.807, 2.05) is 6.07 Å². The highest BCUT2D eigenvalue weighted by atomic mass is 16.5. The summed E-state index contributed by atoms with van der Waals surface area (Å²) in [6.45, 7) is 3.14. The molecule has 106 valence electrons. The third kappa shape index (κ3) is 2.83. The van der Waals surface area contributed by atoms with E-state index in [1.54, 1.807) is 18.2 Å². The Kier molecular flexibility index (Phi) is 4.42. The molecule has 5 nitrogen and oxygen atoms in total. The molecule has 1 aromatic carbocycles. The number of aliphatic hydroxyl groups is 1. The molecular weight excluding hydrogens is 260 g/mol. The number of hydrogen-bond donors (Lipinski definition) is 1. The number of allylic oxidation sites excluding steroid dienone is 1. The summed E-state index contributed by atoms with van der Waals surface area (Å²) in [7, 11) is 0. The second kappa shape index (κ2) is 6.25. The van der Waals surface area contributed by atoms with Gasteiger partial charge in [-0.3, -0.25) is 0 Å². The highest BCUT2D eigenvalue weighted by molar-refractivity contribution is 5.87. The molecule has 20 heavy (non-hydrogen) atoms. The van der Waals surface area contributed by atoms with Crippen LogP contribution in [0.5, 0.6) is 5.75 Å². The summed E-state index contributed by atoms with van der Waals surface area (Å²) in [6, 6.07) is 5.23. The van der Waals surface area contributed by atoms with Crippen molar-refractivity contribution in [2.45, 2.75) is 12.8 Å². The molecule has 0 aliphatic rings. The molecule has 0 fully saturated rings. The molecule has 0 amide bonds. The van der Waals surface area contributed by atoms with E-state index < -0.39 is 12.6 Å². The number of carbonyl (C=O) groups excluding carboxylic acids is 1. The van der Waals surface area contributed by atoms with E-state index in [0.29, 0.717) is 29.9 Å². The first-order valence-corrected chi connectivity index (χ1v) is 6.25. The maximum Gasteiger partial charge on any atom is 0.176 e. The Morgan fingerprint density at radius 2 is 2.30 bits per heavy atom. The lowest BCUT2D eigenvalue weighted by molar-refractivity contribution is -0.307. The quantitative estimate of drug-likeness (QED) is 0.757. The molecule has 0 unspecified atom stereocenters. The van der Waals surface area contributed by atoms with Crippen LogP contribution in [0.4, 0.5) is 0 Å². The van der Waals surface area contributed by atoms with Gasteiger partial charge in [0.1, 0.15) is 12.4 Å². The highest BCUT2D eigenvalue weighted by Crippen LogP contribution is 2.33. The van der Waals surface area contributed by atoms with E-state index in [2.05, 4.69) is 6.58 Å². The number of carboxylic acids is 1. The van der Waals surface area contributed by atoms with Gasteiger partial charge in [0.2, 0.25) is 0 Å². The van der Waals surface area contributed by atoms with Gasteiger partial charge in [0.15, 0.2) is 11.3 Å². The number of hydrogen-bond acceptors (Lipinski definition) is 5. The number of carbonyl (C=O) groups is 1. The summed E-state index contributed by atoms with van der Waals surface area (Å²) in [5.74, 6) is -0.245. The number of aliphatic carboxylic acids is 1. The van der Waals surface area contributed by atoms with Gasteiger partial charge in [-0.05, 0) is 12.5 Å². The molecule has 2 aromatic rings. The average molecular weight is 275 g/mol. The topological polar surface area (TPSA) is 82.7 Å². The second-order valence-corrected chi connectivity index (χ2v) is 4.26. The van der Waals surface area contributed by atoms with E-state index >= 15 is 0 Å². The smallest absolute Gasteiger partial charge is 0.176 e. The molecule has 2 rings (SSSR count). The van der Waals surface area contributed by atoms with Gasteiger partial charge < -0.3 is 24.2 Å². The Hall–Kier alpha value is -2.27. The number of ether oxygens (including phenoxy) is 1. The third-order valence-corrected chi connectivity index (χ3v) is 2.90. The van der Waals surface area contributed by atoms with E-state index in [1.165, 1.54) is 0 Å². The molecular formula is C15H15O5-. The summed E-state index contributed by atoms with van der Waals surface area (Å²) in [6.07, 6.45) is 2.70. The van der Waals surface area contributed by atoms with Crippen molar-refractivity contribution in [3.8, 4) is 5.75 Å². The predicted octanol–water partition coefficient (Wildman–Crippen LogP) is 0.825. The predicted molar refractivity (Wildman–Crippen MR) is 71.4 cm³/mol. The van der Waals surface area contributed by atoms with Crippen LogP contribution < -0.4 is 9.84 Å². The fourth-order valence-electron chi connectivity index (χ4n) is 2.13. The normalized spacial score (nSPS) is 10.7. The molecule has 0 bridgehead atoms. The molecule has 0 saturated heterocycles. The minimum Gasteiger partial charge on any atom is -0.546 e. The van der Waals surface area contributed by atoms with E-state index in [9.17, 15) is 9.90 Å². The van der Waals surface area contributed by atoms with Crippen LogP contribution in [0.1, 0.15) is 11.3 Å². The van der Waals surface area contributed by atoms with Gasteiger partial charge in [0.05, 0.1) is 5.97 Å². The second-order valence-electron chi connectivity index (χ2n) is 4.26. The first kappa shape index (κ1) is 14.1. The van der Waals surface area contributed by atoms with Crippen LogP contribution in [0, 0.1) is 0 Å². The van der Waals surface area contributed by atoms with Gasteiger partial charge in [0, 0.05) is 24.0 Å². The molecule has 0 atom stereocenters. The van der Waals surface area contributed by atoms with Crippen LogP contribution in [0.15, 0.2) is 35.3 Å². The van der Waals surface area contributed by atoms with Crippen molar-refractivity contribution in [2.24, 2.45) is 0 Å². The van der Waals surface area contributed by atoms with Crippen molar-refractivity contribution in [3.63, 3.8) is 0 Å². The maximum absolute atomic E-state index is 10.5. The molecule has 0 aliphatic heterocycles. The van der Waals surface area contributed by atoms with Gasteiger partial charge in [-0.15, -0.1) is 6.58 Å². The zero-order valence-corrected chi connectivity index (χ0v) is 10.9. The minimum absolute atomic E-state index is 0.00288. The van der Waals surface area contributed by atoms with Gasteiger partial charge >= 0.3 is 0 Å². The van der Waals surface area contributed by atoms with Crippen molar-refractivity contribution >= 4 is 16.9 Å². The Morgan fingerprint density at radius 3 is 2.95 bits per heavy atom. The lowest BCUT2D eigenvalue weighted by Crippen LogP contribution is -2.28. The van der Waals surface area contributed by atoms with Crippen molar-refractivity contribution in [2.75, 3.05) is 13.2 Å². The summed E-state index contributed by atoms with van der Waals surface area (Å²) in [4.78, 5) is 10.5. The Bertz CT molecular complexity index is 626. The van der Waals surface area contributed by atoms with E-state index in [-0.39, 0.29) is 6.61 Å². The largest absolute Gasteiger partial charge is 0.546 e. The number of fused-ring (bicyclic) bond motifs is 1. The number of aliphatic hydroxyl groups excluding tert-OH is 1. The van der Waals surface area contributed by atoms with Crippen molar-refractivity contribution < 1.29 is 24.2 Å². The molecule has 1 heterocycles. The van der Waals surface area contributed by atoms with Crippen molar-refractivity contribution in [3.05, 3.63) is 42.2 Å². The van der Waals surface area contributed by atoms with Crippen LogP contribution in [0.25, 0.3) is 11.0 Å². The average Bonchev–Trinajstić information content (AvgIpc) is 2.76. The number of furan rings is 1. The fourth-order valence-corrected chi connectivity index (χ4v) is 2.13. The number of benzene rings is 1. The molecule has 5 heteroatoms. The van der Waals surface area contributed by atoms with Crippen LogP contribution in [0.2, 0.25) is 0 Å². The summed E-state index contributed by atoms with van der Waals surface area (Å²) in [5, 5.41) is 20.4. The van der Waals surface area contributed by atoms with Gasteiger partial charge in [-0.25, -0.2) is 0 Å². The minimum atomic E-state index is -1.30. The first-order chi connectivity index (χ1) is 9.67. The van der Waals surface area contributed by atoms with E-state index in [4.69, 9.17) is 14.3 Å². The molecule has 0 saturated carbocycles. The van der Waals surface area contributed by atoms with Crippen molar-refractivity contribution in [1.29, 1.82) is 0 Å². The highest BCUT2D eigenvalue weighted by Gasteiger charge is 2.16. The summed E-state index contributed by atoms with van der Waals surface area (Å²) in [5.41, 5.74) is 1.37. The molecule has 1 N–H and O–H groups in total. The van der Waals surface area contributed by atoms with Crippen LogP contribution in [-0.2, 0) is 17.6 Å². The van der Waals surface area contributed by atoms with Gasteiger partial charge in [0.25, 0.3) is 0 Å². The summed E-state index contributed by atoms with van der Waals surface area (Å²) >= 11 is 0. The zero-order valence-electron chi connectivity index (χ0n) is 10.9. The fraction of sp³-hybridized carbons (Fsp3) is 0.267. The molecule has 0 radical (unpaired) electrons. The summed E-state index contributed by atoms with van der Waals surface area (Å²) < 4.78 is 10.9. The number of para-hydroxylation sites is 1. The lowest BCUT2D eigenvalue weighted by atomic mass is 10.1. The van der Waals surface area contributed by atoms with Crippen LogP contribution in [0.3, 0.4) is 0 Å². The first-order valence-electron chi connectivity index (χ1n) is 6.25.